The first-order valence-electron chi connectivity index (χ1n) is 5.81. The maximum absolute atomic E-state index is 13.1. The molecule has 2 nitrogen and oxygen atoms in total. The van der Waals surface area contributed by atoms with E-state index in [9.17, 15) is 17.6 Å². The van der Waals surface area contributed by atoms with Crippen LogP contribution in [0.3, 0.4) is 0 Å². The molecular formula is C14H10ClF4NO. The van der Waals surface area contributed by atoms with Crippen LogP contribution in [-0.2, 0) is 12.8 Å². The van der Waals surface area contributed by atoms with Gasteiger partial charge in [0, 0.05) is 0 Å². The van der Waals surface area contributed by atoms with Crippen LogP contribution in [0.5, 0.6) is 5.75 Å². The molecule has 2 rings (SSSR count). The molecule has 0 aliphatic rings. The summed E-state index contributed by atoms with van der Waals surface area (Å²) in [7, 11) is 0. The second kappa shape index (κ2) is 5.81. The first-order valence-corrected chi connectivity index (χ1v) is 6.18. The van der Waals surface area contributed by atoms with Crippen LogP contribution in [0.1, 0.15) is 11.1 Å². The maximum atomic E-state index is 13.1. The number of hydrogen-bond donors (Lipinski definition) is 1. The fraction of sp³-hybridized carbons (Fsp3) is 0.143. The molecule has 0 aromatic heterocycles. The van der Waals surface area contributed by atoms with Gasteiger partial charge in [0.1, 0.15) is 18.2 Å². The van der Waals surface area contributed by atoms with Gasteiger partial charge in [-0.1, -0.05) is 17.7 Å². The number of ether oxygens (including phenoxy) is 1. The van der Waals surface area contributed by atoms with E-state index in [-0.39, 0.29) is 12.4 Å². The standard InChI is InChI=1S/C14H10ClF4NO/c15-11-3-1-8(5-13(11)20)7-21-9-2-4-12(16)10(6-9)14(17,18)19/h1-6H,7,20H2. The third-order valence-electron chi connectivity index (χ3n) is 2.71. The molecule has 0 heterocycles. The number of alkyl halides is 3. The summed E-state index contributed by atoms with van der Waals surface area (Å²) in [4.78, 5) is 0. The van der Waals surface area contributed by atoms with Gasteiger partial charge in [-0.2, -0.15) is 13.2 Å². The van der Waals surface area contributed by atoms with Crippen molar-refractivity contribution in [1.82, 2.24) is 0 Å². The molecular weight excluding hydrogens is 310 g/mol. The second-order valence-electron chi connectivity index (χ2n) is 4.28. The highest BCUT2D eigenvalue weighted by atomic mass is 35.5. The van der Waals surface area contributed by atoms with Crippen LogP contribution >= 0.6 is 11.6 Å². The van der Waals surface area contributed by atoms with E-state index in [1.807, 2.05) is 0 Å². The Morgan fingerprint density at radius 1 is 1.10 bits per heavy atom. The summed E-state index contributed by atoms with van der Waals surface area (Å²) < 4.78 is 56.0. The molecule has 21 heavy (non-hydrogen) atoms. The fourth-order valence-corrected chi connectivity index (χ4v) is 1.78. The Kier molecular flexibility index (Phi) is 4.27. The highest BCUT2D eigenvalue weighted by Crippen LogP contribution is 2.33. The van der Waals surface area contributed by atoms with Gasteiger partial charge in [0.2, 0.25) is 0 Å². The van der Waals surface area contributed by atoms with E-state index >= 15 is 0 Å². The van der Waals surface area contributed by atoms with Gasteiger partial charge in [0.25, 0.3) is 0 Å². The molecule has 0 radical (unpaired) electrons. The zero-order valence-electron chi connectivity index (χ0n) is 10.5. The van der Waals surface area contributed by atoms with E-state index in [1.165, 1.54) is 0 Å². The minimum Gasteiger partial charge on any atom is -0.489 e. The summed E-state index contributed by atoms with van der Waals surface area (Å²) >= 11 is 5.75. The average Bonchev–Trinajstić information content (AvgIpc) is 2.40. The SMILES string of the molecule is Nc1cc(COc2ccc(F)c(C(F)(F)F)c2)ccc1Cl. The molecule has 0 saturated carbocycles. The Bertz CT molecular complexity index is 658. The third-order valence-corrected chi connectivity index (χ3v) is 3.05. The fourth-order valence-electron chi connectivity index (χ4n) is 1.66. The molecule has 2 aromatic carbocycles. The molecule has 0 bridgehead atoms. The van der Waals surface area contributed by atoms with E-state index in [2.05, 4.69) is 0 Å². The van der Waals surface area contributed by atoms with Crippen molar-refractivity contribution >= 4 is 17.3 Å². The van der Waals surface area contributed by atoms with Crippen LogP contribution in [0.2, 0.25) is 5.02 Å². The van der Waals surface area contributed by atoms with Crippen molar-refractivity contribution in [3.8, 4) is 5.75 Å². The lowest BCUT2D eigenvalue weighted by Gasteiger charge is -2.11. The summed E-state index contributed by atoms with van der Waals surface area (Å²) in [6.07, 6.45) is -4.77. The Balaban J connectivity index is 2.15. The smallest absolute Gasteiger partial charge is 0.419 e. The van der Waals surface area contributed by atoms with Gasteiger partial charge >= 0.3 is 6.18 Å². The molecule has 7 heteroatoms. The Hall–Kier alpha value is -1.95. The lowest BCUT2D eigenvalue weighted by Crippen LogP contribution is -2.08. The summed E-state index contributed by atoms with van der Waals surface area (Å²) in [6, 6.07) is 7.21. The zero-order chi connectivity index (χ0) is 15.6. The van der Waals surface area contributed by atoms with E-state index in [0.717, 1.165) is 6.07 Å². The molecule has 2 N–H and O–H groups in total. The summed E-state index contributed by atoms with van der Waals surface area (Å²) in [5.74, 6) is -1.43. The largest absolute Gasteiger partial charge is 0.489 e. The number of rotatable bonds is 3. The van der Waals surface area contributed by atoms with Crippen LogP contribution in [0.4, 0.5) is 23.2 Å². The molecule has 0 saturated heterocycles. The monoisotopic (exact) mass is 319 g/mol. The topological polar surface area (TPSA) is 35.2 Å². The molecule has 0 fully saturated rings. The predicted octanol–water partition coefficient (Wildman–Crippen LogP) is 4.66. The second-order valence-corrected chi connectivity index (χ2v) is 4.69. The van der Waals surface area contributed by atoms with E-state index < -0.39 is 17.6 Å². The maximum Gasteiger partial charge on any atom is 0.419 e. The van der Waals surface area contributed by atoms with Crippen molar-refractivity contribution in [2.24, 2.45) is 0 Å². The van der Waals surface area contributed by atoms with Gasteiger partial charge in [-0.05, 0) is 35.9 Å². The normalized spacial score (nSPS) is 11.5. The highest BCUT2D eigenvalue weighted by Gasteiger charge is 2.34. The molecule has 112 valence electrons. The number of nitrogens with two attached hydrogens (primary N) is 1. The zero-order valence-corrected chi connectivity index (χ0v) is 11.3. The van der Waals surface area contributed by atoms with Crippen molar-refractivity contribution in [2.75, 3.05) is 5.73 Å². The molecule has 0 unspecified atom stereocenters. The molecule has 0 spiro atoms. The van der Waals surface area contributed by atoms with Crippen molar-refractivity contribution in [3.63, 3.8) is 0 Å². The first-order chi connectivity index (χ1) is 9.77. The molecule has 0 atom stereocenters. The van der Waals surface area contributed by atoms with Crippen LogP contribution in [0.15, 0.2) is 36.4 Å². The minimum absolute atomic E-state index is 0.00962. The van der Waals surface area contributed by atoms with Gasteiger partial charge < -0.3 is 10.5 Å². The summed E-state index contributed by atoms with van der Waals surface area (Å²) in [5, 5.41) is 0.375. The number of anilines is 1. The van der Waals surface area contributed by atoms with E-state index in [4.69, 9.17) is 22.1 Å². The lowest BCUT2D eigenvalue weighted by atomic mass is 10.2. The summed E-state index contributed by atoms with van der Waals surface area (Å²) in [6.45, 7) is -0.00962. The van der Waals surface area contributed by atoms with E-state index in [0.29, 0.717) is 28.4 Å². The van der Waals surface area contributed by atoms with Gasteiger partial charge in [-0.25, -0.2) is 4.39 Å². The Morgan fingerprint density at radius 3 is 2.43 bits per heavy atom. The summed E-state index contributed by atoms with van der Waals surface area (Å²) in [5.41, 5.74) is 5.21. The number of hydrogen-bond acceptors (Lipinski definition) is 2. The van der Waals surface area contributed by atoms with Gasteiger partial charge in [0.05, 0.1) is 16.3 Å². The molecule has 0 aliphatic heterocycles. The van der Waals surface area contributed by atoms with Gasteiger partial charge in [0.15, 0.2) is 0 Å². The minimum atomic E-state index is -4.77. The van der Waals surface area contributed by atoms with Crippen LogP contribution in [0.25, 0.3) is 0 Å². The first kappa shape index (κ1) is 15.4. The highest BCUT2D eigenvalue weighted by molar-refractivity contribution is 6.33. The van der Waals surface area contributed by atoms with Crippen LogP contribution in [-0.4, -0.2) is 0 Å². The van der Waals surface area contributed by atoms with Gasteiger partial charge in [-0.15, -0.1) is 0 Å². The molecule has 0 amide bonds. The molecule has 2 aromatic rings. The lowest BCUT2D eigenvalue weighted by molar-refractivity contribution is -0.140. The van der Waals surface area contributed by atoms with E-state index in [1.54, 1.807) is 18.2 Å². The third kappa shape index (κ3) is 3.78. The quantitative estimate of drug-likeness (QED) is 0.659. The van der Waals surface area contributed by atoms with Crippen molar-refractivity contribution in [2.45, 2.75) is 12.8 Å². The van der Waals surface area contributed by atoms with Crippen molar-refractivity contribution in [1.29, 1.82) is 0 Å². The number of nitrogen functional groups attached to an aromatic ring is 1. The average molecular weight is 320 g/mol. The van der Waals surface area contributed by atoms with Crippen molar-refractivity contribution < 1.29 is 22.3 Å². The van der Waals surface area contributed by atoms with Crippen LogP contribution < -0.4 is 10.5 Å². The number of benzene rings is 2. The van der Waals surface area contributed by atoms with Crippen molar-refractivity contribution in [3.05, 3.63) is 58.4 Å². The van der Waals surface area contributed by atoms with Crippen LogP contribution in [0, 0.1) is 5.82 Å². The predicted molar refractivity (Wildman–Crippen MR) is 71.6 cm³/mol. The Morgan fingerprint density at radius 2 is 1.81 bits per heavy atom. The molecule has 0 aliphatic carbocycles. The number of halogens is 5. The van der Waals surface area contributed by atoms with Gasteiger partial charge in [-0.3, -0.25) is 0 Å². The Labute approximate surface area is 123 Å².